The monoisotopic (exact) mass is 269 g/mol. The van der Waals surface area contributed by atoms with E-state index in [-0.39, 0.29) is 11.8 Å². The molecular formula is C13H23N3OS. The van der Waals surface area contributed by atoms with Crippen LogP contribution in [0.2, 0.25) is 0 Å². The summed E-state index contributed by atoms with van der Waals surface area (Å²) in [6.45, 7) is 2.26. The van der Waals surface area contributed by atoms with Crippen molar-refractivity contribution in [1.82, 2.24) is 16.2 Å². The Bertz CT molecular complexity index is 317. The summed E-state index contributed by atoms with van der Waals surface area (Å²) in [6.07, 6.45) is 8.19. The van der Waals surface area contributed by atoms with Crippen LogP contribution in [-0.2, 0) is 4.79 Å². The second kappa shape index (κ2) is 6.36. The predicted molar refractivity (Wildman–Crippen MR) is 75.8 cm³/mol. The Morgan fingerprint density at radius 2 is 1.78 bits per heavy atom. The fraction of sp³-hybridized carbons (Fsp3) is 0.846. The van der Waals surface area contributed by atoms with Gasteiger partial charge in [-0.25, -0.2) is 0 Å². The van der Waals surface area contributed by atoms with Gasteiger partial charge >= 0.3 is 0 Å². The minimum Gasteiger partial charge on any atom is -0.358 e. The molecule has 0 aromatic heterocycles. The van der Waals surface area contributed by atoms with Crippen LogP contribution in [0.5, 0.6) is 0 Å². The zero-order valence-electron chi connectivity index (χ0n) is 11.0. The van der Waals surface area contributed by atoms with E-state index in [1.54, 1.807) is 0 Å². The van der Waals surface area contributed by atoms with Crippen molar-refractivity contribution in [3.05, 3.63) is 0 Å². The SMILES string of the molecule is C[C@H]1CCCC[C@H]1NC(=S)NNC(=O)C1CCC1. The van der Waals surface area contributed by atoms with Gasteiger partial charge in [0.05, 0.1) is 0 Å². The van der Waals surface area contributed by atoms with E-state index >= 15 is 0 Å². The smallest absolute Gasteiger partial charge is 0.241 e. The van der Waals surface area contributed by atoms with Gasteiger partial charge in [0.25, 0.3) is 0 Å². The number of hydrogen-bond donors (Lipinski definition) is 3. The van der Waals surface area contributed by atoms with Gasteiger partial charge in [-0.2, -0.15) is 0 Å². The summed E-state index contributed by atoms with van der Waals surface area (Å²) >= 11 is 5.21. The lowest BCUT2D eigenvalue weighted by Gasteiger charge is -2.31. The van der Waals surface area contributed by atoms with Gasteiger partial charge in [-0.3, -0.25) is 15.6 Å². The first-order chi connectivity index (χ1) is 8.66. The van der Waals surface area contributed by atoms with Crippen molar-refractivity contribution in [2.75, 3.05) is 0 Å². The Morgan fingerprint density at radius 1 is 1.06 bits per heavy atom. The van der Waals surface area contributed by atoms with Gasteiger partial charge in [-0.15, -0.1) is 0 Å². The maximum atomic E-state index is 11.6. The van der Waals surface area contributed by atoms with Crippen molar-refractivity contribution >= 4 is 23.2 Å². The Balaban J connectivity index is 1.66. The highest BCUT2D eigenvalue weighted by molar-refractivity contribution is 7.80. The summed E-state index contributed by atoms with van der Waals surface area (Å²) in [6, 6.07) is 0.444. The average Bonchev–Trinajstić information content (AvgIpc) is 2.27. The van der Waals surface area contributed by atoms with Crippen molar-refractivity contribution in [1.29, 1.82) is 0 Å². The molecule has 3 N–H and O–H groups in total. The molecule has 0 bridgehead atoms. The minimum absolute atomic E-state index is 0.0714. The van der Waals surface area contributed by atoms with Crippen LogP contribution in [-0.4, -0.2) is 17.1 Å². The van der Waals surface area contributed by atoms with E-state index in [1.165, 1.54) is 32.1 Å². The number of carbonyl (C=O) groups excluding carboxylic acids is 1. The number of amides is 1. The molecule has 5 heteroatoms. The van der Waals surface area contributed by atoms with Crippen LogP contribution in [0, 0.1) is 11.8 Å². The molecule has 0 aromatic carbocycles. The average molecular weight is 269 g/mol. The van der Waals surface area contributed by atoms with Gasteiger partial charge in [0.2, 0.25) is 5.91 Å². The molecule has 2 atom stereocenters. The maximum Gasteiger partial charge on any atom is 0.241 e. The minimum atomic E-state index is 0.0714. The van der Waals surface area contributed by atoms with E-state index in [1.807, 2.05) is 0 Å². The number of hydrazine groups is 1. The first-order valence-corrected chi connectivity index (χ1v) is 7.44. The fourth-order valence-corrected chi connectivity index (χ4v) is 2.83. The third-order valence-electron chi connectivity index (χ3n) is 4.20. The van der Waals surface area contributed by atoms with Gasteiger partial charge in [0, 0.05) is 12.0 Å². The first kappa shape index (κ1) is 13.6. The highest BCUT2D eigenvalue weighted by Crippen LogP contribution is 2.26. The van der Waals surface area contributed by atoms with Gasteiger partial charge in [-0.1, -0.05) is 26.2 Å². The van der Waals surface area contributed by atoms with Crippen LogP contribution in [0.1, 0.15) is 51.9 Å². The number of hydrogen-bond acceptors (Lipinski definition) is 2. The Hall–Kier alpha value is -0.840. The molecule has 102 valence electrons. The molecule has 0 aliphatic heterocycles. The zero-order valence-corrected chi connectivity index (χ0v) is 11.8. The number of rotatable bonds is 2. The third kappa shape index (κ3) is 3.57. The molecular weight excluding hydrogens is 246 g/mol. The summed E-state index contributed by atoms with van der Waals surface area (Å²) in [7, 11) is 0. The number of carbonyl (C=O) groups is 1. The summed E-state index contributed by atoms with van der Waals surface area (Å²) in [5.74, 6) is 0.914. The van der Waals surface area contributed by atoms with Crippen molar-refractivity contribution in [3.63, 3.8) is 0 Å². The van der Waals surface area contributed by atoms with Crippen LogP contribution in [0.25, 0.3) is 0 Å². The van der Waals surface area contributed by atoms with Gasteiger partial charge < -0.3 is 5.32 Å². The zero-order chi connectivity index (χ0) is 13.0. The molecule has 4 nitrogen and oxygen atoms in total. The molecule has 2 rings (SSSR count). The first-order valence-electron chi connectivity index (χ1n) is 7.03. The molecule has 0 spiro atoms. The topological polar surface area (TPSA) is 53.2 Å². The van der Waals surface area contributed by atoms with E-state index in [0.29, 0.717) is 17.1 Å². The highest BCUT2D eigenvalue weighted by atomic mass is 32.1. The molecule has 0 unspecified atom stereocenters. The van der Waals surface area contributed by atoms with E-state index in [4.69, 9.17) is 12.2 Å². The largest absolute Gasteiger partial charge is 0.358 e. The maximum absolute atomic E-state index is 11.6. The fourth-order valence-electron chi connectivity index (χ4n) is 2.63. The lowest BCUT2D eigenvalue weighted by molar-refractivity contribution is -0.127. The standard InChI is InChI=1S/C13H23N3OS/c1-9-5-2-3-8-11(9)14-13(18)16-15-12(17)10-6-4-7-10/h9-11H,2-8H2,1H3,(H,15,17)(H2,14,16,18)/t9-,11+/m0/s1. The lowest BCUT2D eigenvalue weighted by atomic mass is 9.85. The Kier molecular flexibility index (Phi) is 4.80. The molecule has 1 amide bonds. The third-order valence-corrected chi connectivity index (χ3v) is 4.42. The molecule has 0 aromatic rings. The van der Waals surface area contributed by atoms with Crippen LogP contribution in [0.3, 0.4) is 0 Å². The predicted octanol–water partition coefficient (Wildman–Crippen LogP) is 1.86. The highest BCUT2D eigenvalue weighted by Gasteiger charge is 2.25. The molecule has 0 heterocycles. The summed E-state index contributed by atoms with van der Waals surface area (Å²) in [5.41, 5.74) is 5.52. The van der Waals surface area contributed by atoms with Crippen LogP contribution in [0.15, 0.2) is 0 Å². The molecule has 0 radical (unpaired) electrons. The summed E-state index contributed by atoms with van der Waals surface area (Å²) < 4.78 is 0. The van der Waals surface area contributed by atoms with E-state index < -0.39 is 0 Å². The molecule has 0 saturated heterocycles. The van der Waals surface area contributed by atoms with E-state index in [9.17, 15) is 4.79 Å². The molecule has 2 fully saturated rings. The van der Waals surface area contributed by atoms with Crippen molar-refractivity contribution in [2.45, 2.75) is 57.9 Å². The normalized spacial score (nSPS) is 28.1. The lowest BCUT2D eigenvalue weighted by Crippen LogP contribution is -2.53. The van der Waals surface area contributed by atoms with Crippen molar-refractivity contribution in [2.24, 2.45) is 11.8 Å². The molecule has 2 aliphatic carbocycles. The van der Waals surface area contributed by atoms with Crippen LogP contribution >= 0.6 is 12.2 Å². The van der Waals surface area contributed by atoms with E-state index in [0.717, 1.165) is 12.8 Å². The molecule has 2 aliphatic rings. The van der Waals surface area contributed by atoms with Crippen LogP contribution in [0.4, 0.5) is 0 Å². The summed E-state index contributed by atoms with van der Waals surface area (Å²) in [5, 5.41) is 3.85. The molecule has 2 saturated carbocycles. The second-order valence-corrected chi connectivity index (χ2v) is 5.99. The Labute approximate surface area is 114 Å². The van der Waals surface area contributed by atoms with Crippen molar-refractivity contribution in [3.8, 4) is 0 Å². The summed E-state index contributed by atoms with van der Waals surface area (Å²) in [4.78, 5) is 11.6. The van der Waals surface area contributed by atoms with E-state index in [2.05, 4.69) is 23.1 Å². The second-order valence-electron chi connectivity index (χ2n) is 5.58. The molecule has 18 heavy (non-hydrogen) atoms. The van der Waals surface area contributed by atoms with Gasteiger partial charge in [0.1, 0.15) is 0 Å². The van der Waals surface area contributed by atoms with Crippen LogP contribution < -0.4 is 16.2 Å². The quantitative estimate of drug-likeness (QED) is 0.529. The Morgan fingerprint density at radius 3 is 2.39 bits per heavy atom. The number of nitrogens with one attached hydrogen (secondary N) is 3. The van der Waals surface area contributed by atoms with Crippen molar-refractivity contribution < 1.29 is 4.79 Å². The van der Waals surface area contributed by atoms with Gasteiger partial charge in [0.15, 0.2) is 5.11 Å². The van der Waals surface area contributed by atoms with Gasteiger partial charge in [-0.05, 0) is 43.8 Å². The number of thiocarbonyl (C=S) groups is 1.